The standard InChI is InChI=1S/C17H29N3O5/c1-16(2,3)12(18-15(25)17(6-7-17)19(4)5)13(22)20-9-10(21)8-11(20)14(23)24/h10-12,21H,6-9H2,1-5H3,(H,18,25)(H,23,24)/t10-,11+,12-/m1/s1. The first-order valence-corrected chi connectivity index (χ1v) is 8.60. The summed E-state index contributed by atoms with van der Waals surface area (Å²) >= 11 is 0. The van der Waals surface area contributed by atoms with Crippen LogP contribution < -0.4 is 5.32 Å². The SMILES string of the molecule is CN(C)C1(C(=O)N[C@H](C(=O)N2C[C@H](O)C[C@H]2C(=O)O)C(C)(C)C)CC1. The molecule has 1 aliphatic carbocycles. The van der Waals surface area contributed by atoms with Crippen LogP contribution in [0.25, 0.3) is 0 Å². The second-order valence-electron chi connectivity index (χ2n) is 8.43. The molecule has 0 aromatic carbocycles. The molecule has 142 valence electrons. The van der Waals surface area contributed by atoms with E-state index in [-0.39, 0.29) is 18.9 Å². The summed E-state index contributed by atoms with van der Waals surface area (Å²) in [6.07, 6.45) is 0.611. The van der Waals surface area contributed by atoms with Gasteiger partial charge in [-0.05, 0) is 32.4 Å². The minimum absolute atomic E-state index is 0.00746. The molecule has 0 aromatic rings. The van der Waals surface area contributed by atoms with Crippen molar-refractivity contribution in [3.05, 3.63) is 0 Å². The van der Waals surface area contributed by atoms with Crippen LogP contribution in [-0.4, -0.2) is 82.2 Å². The number of hydrogen-bond acceptors (Lipinski definition) is 5. The molecule has 1 saturated heterocycles. The molecular formula is C17H29N3O5. The maximum Gasteiger partial charge on any atom is 0.326 e. The molecular weight excluding hydrogens is 326 g/mol. The molecule has 0 unspecified atom stereocenters. The van der Waals surface area contributed by atoms with Gasteiger partial charge in [-0.1, -0.05) is 20.8 Å². The molecule has 2 aliphatic rings. The van der Waals surface area contributed by atoms with Crippen LogP contribution in [0, 0.1) is 5.41 Å². The molecule has 0 radical (unpaired) electrons. The quantitative estimate of drug-likeness (QED) is 0.622. The highest BCUT2D eigenvalue weighted by molar-refractivity contribution is 5.95. The predicted octanol–water partition coefficient (Wildman–Crippen LogP) is -0.342. The summed E-state index contributed by atoms with van der Waals surface area (Å²) < 4.78 is 0. The Labute approximate surface area is 148 Å². The maximum atomic E-state index is 13.0. The molecule has 8 heteroatoms. The second-order valence-corrected chi connectivity index (χ2v) is 8.43. The highest BCUT2D eigenvalue weighted by atomic mass is 16.4. The molecule has 1 heterocycles. The summed E-state index contributed by atoms with van der Waals surface area (Å²) in [7, 11) is 3.66. The number of carboxylic acids is 1. The van der Waals surface area contributed by atoms with E-state index in [0.29, 0.717) is 0 Å². The highest BCUT2D eigenvalue weighted by Gasteiger charge is 2.54. The summed E-state index contributed by atoms with van der Waals surface area (Å²) in [6.45, 7) is 5.45. The van der Waals surface area contributed by atoms with Crippen LogP contribution in [-0.2, 0) is 14.4 Å². The first kappa shape index (κ1) is 19.7. The molecule has 8 nitrogen and oxygen atoms in total. The van der Waals surface area contributed by atoms with E-state index in [1.165, 1.54) is 4.90 Å². The molecule has 0 bridgehead atoms. The number of carboxylic acid groups (broad SMARTS) is 1. The summed E-state index contributed by atoms with van der Waals surface area (Å²) in [4.78, 5) is 40.2. The third kappa shape index (κ3) is 3.79. The van der Waals surface area contributed by atoms with Crippen molar-refractivity contribution in [2.45, 2.75) is 63.8 Å². The lowest BCUT2D eigenvalue weighted by atomic mass is 9.85. The van der Waals surface area contributed by atoms with Crippen molar-refractivity contribution in [2.75, 3.05) is 20.6 Å². The smallest absolute Gasteiger partial charge is 0.326 e. The van der Waals surface area contributed by atoms with Crippen molar-refractivity contribution < 1.29 is 24.6 Å². The number of nitrogens with zero attached hydrogens (tertiary/aromatic N) is 2. The topological polar surface area (TPSA) is 110 Å². The van der Waals surface area contributed by atoms with Crippen molar-refractivity contribution in [3.8, 4) is 0 Å². The number of hydrogen-bond donors (Lipinski definition) is 3. The van der Waals surface area contributed by atoms with Crippen LogP contribution in [0.15, 0.2) is 0 Å². The van der Waals surface area contributed by atoms with E-state index >= 15 is 0 Å². The molecule has 2 amide bonds. The lowest BCUT2D eigenvalue weighted by molar-refractivity contribution is -0.151. The Bertz CT molecular complexity index is 565. The van der Waals surface area contributed by atoms with E-state index in [9.17, 15) is 24.6 Å². The Morgan fingerprint density at radius 3 is 2.20 bits per heavy atom. The first-order valence-electron chi connectivity index (χ1n) is 8.60. The summed E-state index contributed by atoms with van der Waals surface area (Å²) in [6, 6.07) is -1.92. The highest BCUT2D eigenvalue weighted by Crippen LogP contribution is 2.40. The Morgan fingerprint density at radius 2 is 1.80 bits per heavy atom. The van der Waals surface area contributed by atoms with Gasteiger partial charge in [-0.15, -0.1) is 0 Å². The molecule has 3 atom stereocenters. The van der Waals surface area contributed by atoms with Gasteiger partial charge in [-0.25, -0.2) is 4.79 Å². The normalized spacial score (nSPS) is 26.4. The van der Waals surface area contributed by atoms with Crippen molar-refractivity contribution in [1.29, 1.82) is 0 Å². The monoisotopic (exact) mass is 355 g/mol. The number of aliphatic carboxylic acids is 1. The number of carbonyl (C=O) groups is 3. The van der Waals surface area contributed by atoms with Crippen molar-refractivity contribution in [3.63, 3.8) is 0 Å². The van der Waals surface area contributed by atoms with Gasteiger partial charge < -0.3 is 20.4 Å². The zero-order valence-corrected chi connectivity index (χ0v) is 15.6. The van der Waals surface area contributed by atoms with Crippen LogP contribution in [0.3, 0.4) is 0 Å². The van der Waals surface area contributed by atoms with E-state index in [1.807, 2.05) is 39.8 Å². The Balaban J connectivity index is 2.22. The fraction of sp³-hybridized carbons (Fsp3) is 0.824. The average molecular weight is 355 g/mol. The average Bonchev–Trinajstić information content (AvgIpc) is 3.20. The number of amides is 2. The van der Waals surface area contributed by atoms with Gasteiger partial charge in [-0.2, -0.15) is 0 Å². The number of nitrogens with one attached hydrogen (secondary N) is 1. The number of aliphatic hydroxyl groups is 1. The predicted molar refractivity (Wildman–Crippen MR) is 90.8 cm³/mol. The minimum Gasteiger partial charge on any atom is -0.480 e. The maximum absolute atomic E-state index is 13.0. The van der Waals surface area contributed by atoms with Crippen LogP contribution in [0.5, 0.6) is 0 Å². The molecule has 0 spiro atoms. The third-order valence-corrected chi connectivity index (χ3v) is 5.24. The van der Waals surface area contributed by atoms with Gasteiger partial charge in [0.05, 0.1) is 11.6 Å². The Morgan fingerprint density at radius 1 is 1.24 bits per heavy atom. The van der Waals surface area contributed by atoms with Gasteiger partial charge in [-0.3, -0.25) is 14.5 Å². The minimum atomic E-state index is -1.14. The fourth-order valence-corrected chi connectivity index (χ4v) is 3.37. The Hall–Kier alpha value is -1.67. The largest absolute Gasteiger partial charge is 0.480 e. The molecule has 25 heavy (non-hydrogen) atoms. The van der Waals surface area contributed by atoms with Crippen LogP contribution >= 0.6 is 0 Å². The van der Waals surface area contributed by atoms with Crippen molar-refractivity contribution >= 4 is 17.8 Å². The van der Waals surface area contributed by atoms with Gasteiger partial charge in [0.1, 0.15) is 12.1 Å². The number of likely N-dealkylation sites (N-methyl/N-ethyl adjacent to an activating group) is 1. The number of aliphatic hydroxyl groups excluding tert-OH is 1. The first-order chi connectivity index (χ1) is 11.4. The van der Waals surface area contributed by atoms with E-state index in [4.69, 9.17) is 0 Å². The number of rotatable bonds is 5. The van der Waals surface area contributed by atoms with E-state index in [2.05, 4.69) is 5.32 Å². The second kappa shape index (κ2) is 6.57. The van der Waals surface area contributed by atoms with E-state index < -0.39 is 41.0 Å². The zero-order valence-electron chi connectivity index (χ0n) is 15.6. The number of likely N-dealkylation sites (tertiary alicyclic amines) is 1. The molecule has 0 aromatic heterocycles. The summed E-state index contributed by atoms with van der Waals surface area (Å²) in [5.41, 5.74) is -1.17. The van der Waals surface area contributed by atoms with Gasteiger partial charge in [0.25, 0.3) is 0 Å². The molecule has 2 rings (SSSR count). The van der Waals surface area contributed by atoms with Crippen LogP contribution in [0.2, 0.25) is 0 Å². The number of β-amino-alcohol motifs (C(OH)–C–C–N with tert-alkyl or cyclic N) is 1. The summed E-state index contributed by atoms with van der Waals surface area (Å²) in [5.74, 6) is -1.81. The van der Waals surface area contributed by atoms with E-state index in [1.54, 1.807) is 0 Å². The molecule has 3 N–H and O–H groups in total. The van der Waals surface area contributed by atoms with E-state index in [0.717, 1.165) is 12.8 Å². The molecule has 1 aliphatic heterocycles. The summed E-state index contributed by atoms with van der Waals surface area (Å²) in [5, 5.41) is 22.0. The lowest BCUT2D eigenvalue weighted by Gasteiger charge is -2.36. The third-order valence-electron chi connectivity index (χ3n) is 5.24. The van der Waals surface area contributed by atoms with Gasteiger partial charge in [0.2, 0.25) is 11.8 Å². The van der Waals surface area contributed by atoms with Gasteiger partial charge in [0.15, 0.2) is 0 Å². The number of carbonyl (C=O) groups excluding carboxylic acids is 2. The van der Waals surface area contributed by atoms with Crippen molar-refractivity contribution in [1.82, 2.24) is 15.1 Å². The molecule has 2 fully saturated rings. The van der Waals surface area contributed by atoms with Gasteiger partial charge >= 0.3 is 5.97 Å². The lowest BCUT2D eigenvalue weighted by Crippen LogP contribution is -2.60. The zero-order chi connectivity index (χ0) is 19.2. The van der Waals surface area contributed by atoms with Crippen LogP contribution in [0.1, 0.15) is 40.0 Å². The molecule has 1 saturated carbocycles. The van der Waals surface area contributed by atoms with Crippen LogP contribution in [0.4, 0.5) is 0 Å². The fourth-order valence-electron chi connectivity index (χ4n) is 3.37. The Kier molecular flexibility index (Phi) is 5.16. The van der Waals surface area contributed by atoms with Crippen molar-refractivity contribution in [2.24, 2.45) is 5.41 Å². The van der Waals surface area contributed by atoms with Gasteiger partial charge in [0, 0.05) is 13.0 Å².